The Balaban J connectivity index is 1.74. The predicted octanol–water partition coefficient (Wildman–Crippen LogP) is 2.23. The van der Waals surface area contributed by atoms with Gasteiger partial charge in [0.25, 0.3) is 0 Å². The van der Waals surface area contributed by atoms with Gasteiger partial charge in [-0.05, 0) is 32.5 Å². The Hall–Kier alpha value is -1.65. The summed E-state index contributed by atoms with van der Waals surface area (Å²) in [5.41, 5.74) is 2.39. The van der Waals surface area contributed by atoms with Crippen LogP contribution in [0.2, 0.25) is 0 Å². The van der Waals surface area contributed by atoms with Crippen molar-refractivity contribution in [2.75, 3.05) is 20.1 Å². The molecule has 2 unspecified atom stereocenters. The van der Waals surface area contributed by atoms with Crippen LogP contribution < -0.4 is 5.32 Å². The maximum Gasteiger partial charge on any atom is 0.0645 e. The number of rotatable bonds is 4. The minimum absolute atomic E-state index is 0.422. The van der Waals surface area contributed by atoms with Crippen LogP contribution >= 0.6 is 0 Å². The van der Waals surface area contributed by atoms with Crippen molar-refractivity contribution in [1.29, 1.82) is 0 Å². The van der Waals surface area contributed by atoms with Gasteiger partial charge in [-0.2, -0.15) is 5.10 Å². The summed E-state index contributed by atoms with van der Waals surface area (Å²) in [6, 6.07) is 11.3. The smallest absolute Gasteiger partial charge is 0.0645 e. The van der Waals surface area contributed by atoms with Crippen molar-refractivity contribution in [3.8, 4) is 5.69 Å². The Morgan fingerprint density at radius 1 is 1.30 bits per heavy atom. The Bertz CT molecular complexity index is 549. The van der Waals surface area contributed by atoms with Gasteiger partial charge in [-0.1, -0.05) is 18.2 Å². The lowest BCUT2D eigenvalue weighted by molar-refractivity contribution is 0.257. The summed E-state index contributed by atoms with van der Waals surface area (Å²) in [6.07, 6.45) is 5.37. The maximum absolute atomic E-state index is 4.49. The van der Waals surface area contributed by atoms with Gasteiger partial charge in [-0.15, -0.1) is 0 Å². The van der Waals surface area contributed by atoms with E-state index in [0.29, 0.717) is 12.1 Å². The topological polar surface area (TPSA) is 33.1 Å². The average molecular weight is 270 g/mol. The van der Waals surface area contributed by atoms with Crippen molar-refractivity contribution in [2.45, 2.75) is 25.4 Å². The van der Waals surface area contributed by atoms with E-state index < -0.39 is 0 Å². The number of likely N-dealkylation sites (tertiary alicyclic amines) is 1. The van der Waals surface area contributed by atoms with Gasteiger partial charge in [0, 0.05) is 36.9 Å². The lowest BCUT2D eigenvalue weighted by atomic mass is 10.1. The first-order valence-electron chi connectivity index (χ1n) is 7.29. The van der Waals surface area contributed by atoms with Crippen LogP contribution in [0.1, 0.15) is 24.9 Å². The first-order valence-corrected chi connectivity index (χ1v) is 7.29. The number of hydrogen-bond donors (Lipinski definition) is 1. The van der Waals surface area contributed by atoms with E-state index >= 15 is 0 Å². The van der Waals surface area contributed by atoms with Gasteiger partial charge in [0.15, 0.2) is 0 Å². The minimum atomic E-state index is 0.422. The molecule has 1 aliphatic rings. The minimum Gasteiger partial charge on any atom is -0.316 e. The lowest BCUT2D eigenvalue weighted by Crippen LogP contribution is -2.31. The second-order valence-electron chi connectivity index (χ2n) is 5.50. The third-order valence-corrected chi connectivity index (χ3v) is 4.28. The molecule has 0 spiro atoms. The van der Waals surface area contributed by atoms with Crippen molar-refractivity contribution in [3.63, 3.8) is 0 Å². The SMILES string of the molecule is CNC1CCN(C(C)c2cnn(-c3ccccc3)c2)C1. The fourth-order valence-corrected chi connectivity index (χ4v) is 2.86. The highest BCUT2D eigenvalue weighted by molar-refractivity contribution is 5.31. The molecule has 1 saturated heterocycles. The molecule has 0 bridgehead atoms. The molecular formula is C16H22N4. The molecule has 0 amide bonds. The molecule has 2 aromatic rings. The summed E-state index contributed by atoms with van der Waals surface area (Å²) in [6.45, 7) is 4.54. The van der Waals surface area contributed by atoms with E-state index in [4.69, 9.17) is 0 Å². The summed E-state index contributed by atoms with van der Waals surface area (Å²) in [5.74, 6) is 0. The molecule has 3 rings (SSSR count). The van der Waals surface area contributed by atoms with Gasteiger partial charge in [0.05, 0.1) is 11.9 Å². The molecule has 2 heterocycles. The monoisotopic (exact) mass is 270 g/mol. The van der Waals surface area contributed by atoms with Crippen molar-refractivity contribution in [1.82, 2.24) is 20.0 Å². The van der Waals surface area contributed by atoms with Gasteiger partial charge in [0.1, 0.15) is 0 Å². The van der Waals surface area contributed by atoms with Crippen LogP contribution in [0.5, 0.6) is 0 Å². The molecule has 1 aliphatic heterocycles. The zero-order valence-electron chi connectivity index (χ0n) is 12.2. The van der Waals surface area contributed by atoms with Crippen LogP contribution in [0.15, 0.2) is 42.7 Å². The Morgan fingerprint density at radius 2 is 2.10 bits per heavy atom. The van der Waals surface area contributed by atoms with Crippen LogP contribution in [0.3, 0.4) is 0 Å². The van der Waals surface area contributed by atoms with E-state index in [2.05, 4.69) is 40.6 Å². The number of aromatic nitrogens is 2. The Labute approximate surface area is 120 Å². The van der Waals surface area contributed by atoms with E-state index in [-0.39, 0.29) is 0 Å². The number of likely N-dealkylation sites (N-methyl/N-ethyl adjacent to an activating group) is 1. The van der Waals surface area contributed by atoms with Crippen molar-refractivity contribution in [2.24, 2.45) is 0 Å². The van der Waals surface area contributed by atoms with Gasteiger partial charge >= 0.3 is 0 Å². The summed E-state index contributed by atoms with van der Waals surface area (Å²) < 4.78 is 1.96. The zero-order valence-corrected chi connectivity index (χ0v) is 12.2. The molecule has 4 heteroatoms. The molecule has 20 heavy (non-hydrogen) atoms. The largest absolute Gasteiger partial charge is 0.316 e. The summed E-state index contributed by atoms with van der Waals surface area (Å²) in [5, 5.41) is 7.86. The fourth-order valence-electron chi connectivity index (χ4n) is 2.86. The van der Waals surface area contributed by atoms with Crippen LogP contribution in [0.25, 0.3) is 5.69 Å². The summed E-state index contributed by atoms with van der Waals surface area (Å²) in [4.78, 5) is 2.52. The standard InChI is InChI=1S/C16H22N4/c1-13(19-9-8-15(12-19)17-2)14-10-18-20(11-14)16-6-4-3-5-7-16/h3-7,10-11,13,15,17H,8-9,12H2,1-2H3. The quantitative estimate of drug-likeness (QED) is 0.925. The summed E-state index contributed by atoms with van der Waals surface area (Å²) in [7, 11) is 2.05. The summed E-state index contributed by atoms with van der Waals surface area (Å²) >= 11 is 0. The Morgan fingerprint density at radius 3 is 2.80 bits per heavy atom. The van der Waals surface area contributed by atoms with Crippen LogP contribution in [-0.2, 0) is 0 Å². The lowest BCUT2D eigenvalue weighted by Gasteiger charge is -2.23. The second-order valence-corrected chi connectivity index (χ2v) is 5.50. The molecule has 2 atom stereocenters. The molecular weight excluding hydrogens is 248 g/mol. The molecule has 1 aromatic heterocycles. The molecule has 0 radical (unpaired) electrons. The first-order chi connectivity index (χ1) is 9.78. The van der Waals surface area contributed by atoms with Gasteiger partial charge in [0.2, 0.25) is 0 Å². The molecule has 4 nitrogen and oxygen atoms in total. The van der Waals surface area contributed by atoms with Crippen molar-refractivity contribution in [3.05, 3.63) is 48.3 Å². The van der Waals surface area contributed by atoms with Gasteiger partial charge < -0.3 is 5.32 Å². The number of para-hydroxylation sites is 1. The highest BCUT2D eigenvalue weighted by Crippen LogP contribution is 2.24. The van der Waals surface area contributed by atoms with Gasteiger partial charge in [-0.25, -0.2) is 4.68 Å². The van der Waals surface area contributed by atoms with Gasteiger partial charge in [-0.3, -0.25) is 4.90 Å². The third-order valence-electron chi connectivity index (χ3n) is 4.28. The number of hydrogen-bond acceptors (Lipinski definition) is 3. The fraction of sp³-hybridized carbons (Fsp3) is 0.438. The molecule has 1 N–H and O–H groups in total. The molecule has 1 aromatic carbocycles. The van der Waals surface area contributed by atoms with Crippen LogP contribution in [0, 0.1) is 0 Å². The molecule has 0 saturated carbocycles. The predicted molar refractivity (Wildman–Crippen MR) is 81.0 cm³/mol. The second kappa shape index (κ2) is 5.77. The van der Waals surface area contributed by atoms with E-state index in [1.807, 2.05) is 36.1 Å². The number of benzene rings is 1. The van der Waals surface area contributed by atoms with E-state index in [0.717, 1.165) is 18.8 Å². The van der Waals surface area contributed by atoms with E-state index in [1.165, 1.54) is 12.0 Å². The normalized spacial score (nSPS) is 21.2. The third kappa shape index (κ3) is 2.62. The zero-order chi connectivity index (χ0) is 13.9. The number of nitrogens with one attached hydrogen (secondary N) is 1. The highest BCUT2D eigenvalue weighted by atomic mass is 15.3. The molecule has 106 valence electrons. The van der Waals surface area contributed by atoms with E-state index in [1.54, 1.807) is 0 Å². The van der Waals surface area contributed by atoms with E-state index in [9.17, 15) is 0 Å². The number of nitrogens with zero attached hydrogens (tertiary/aromatic N) is 3. The van der Waals surface area contributed by atoms with Crippen LogP contribution in [-0.4, -0.2) is 40.9 Å². The maximum atomic E-state index is 4.49. The average Bonchev–Trinajstić information content (AvgIpc) is 3.17. The highest BCUT2D eigenvalue weighted by Gasteiger charge is 2.26. The first kappa shape index (κ1) is 13.3. The molecule has 0 aliphatic carbocycles. The molecule has 1 fully saturated rings. The van der Waals surface area contributed by atoms with Crippen molar-refractivity contribution >= 4 is 0 Å². The Kier molecular flexibility index (Phi) is 3.85. The van der Waals surface area contributed by atoms with Crippen molar-refractivity contribution < 1.29 is 0 Å². The van der Waals surface area contributed by atoms with Crippen LogP contribution in [0.4, 0.5) is 0 Å².